The summed E-state index contributed by atoms with van der Waals surface area (Å²) in [6, 6.07) is 13.9. The van der Waals surface area contributed by atoms with E-state index in [-0.39, 0.29) is 5.82 Å². The summed E-state index contributed by atoms with van der Waals surface area (Å²) in [5.41, 5.74) is 1.75. The first kappa shape index (κ1) is 14.2. The van der Waals surface area contributed by atoms with Gasteiger partial charge in [-0.1, -0.05) is 24.3 Å². The highest BCUT2D eigenvalue weighted by molar-refractivity contribution is 5.53. The third-order valence-corrected chi connectivity index (χ3v) is 3.09. The summed E-state index contributed by atoms with van der Waals surface area (Å²) < 4.78 is 18.8. The molecule has 2 aromatic carbocycles. The highest BCUT2D eigenvalue weighted by Crippen LogP contribution is 2.15. The quantitative estimate of drug-likeness (QED) is 0.727. The van der Waals surface area contributed by atoms with Crippen molar-refractivity contribution in [1.82, 2.24) is 20.2 Å². The van der Waals surface area contributed by atoms with Crippen molar-refractivity contribution in [2.75, 3.05) is 6.61 Å². The molecule has 0 atom stereocenters. The van der Waals surface area contributed by atoms with E-state index in [4.69, 9.17) is 4.74 Å². The second-order valence-electron chi connectivity index (χ2n) is 4.88. The van der Waals surface area contributed by atoms with Gasteiger partial charge < -0.3 is 4.74 Å². The fraction of sp³-hybridized carbons (Fsp3) is 0.188. The third kappa shape index (κ3) is 3.46. The summed E-state index contributed by atoms with van der Waals surface area (Å²) in [5.74, 6) is 0.886. The van der Waals surface area contributed by atoms with E-state index in [0.29, 0.717) is 24.5 Å². The van der Waals surface area contributed by atoms with E-state index in [1.165, 1.54) is 16.9 Å². The molecule has 0 fully saturated rings. The van der Waals surface area contributed by atoms with E-state index >= 15 is 0 Å². The van der Waals surface area contributed by atoms with E-state index in [1.54, 1.807) is 12.1 Å². The zero-order valence-electron chi connectivity index (χ0n) is 12.1. The number of tetrazole rings is 1. The van der Waals surface area contributed by atoms with Crippen molar-refractivity contribution < 1.29 is 9.13 Å². The number of aryl methyl sites for hydroxylation is 1. The predicted octanol–water partition coefficient (Wildman–Crippen LogP) is 2.87. The monoisotopic (exact) mass is 298 g/mol. The fourth-order valence-electron chi connectivity index (χ4n) is 2.03. The lowest BCUT2D eigenvalue weighted by Crippen LogP contribution is -2.11. The fourth-order valence-corrected chi connectivity index (χ4v) is 2.03. The van der Waals surface area contributed by atoms with Crippen LogP contribution >= 0.6 is 0 Å². The van der Waals surface area contributed by atoms with E-state index < -0.39 is 0 Å². The van der Waals surface area contributed by atoms with E-state index in [0.717, 1.165) is 11.3 Å². The molecule has 0 unspecified atom stereocenters. The molecule has 0 saturated heterocycles. The van der Waals surface area contributed by atoms with Gasteiger partial charge in [0.1, 0.15) is 18.2 Å². The van der Waals surface area contributed by atoms with Crippen molar-refractivity contribution in [2.45, 2.75) is 13.5 Å². The maximum Gasteiger partial charge on any atom is 0.205 e. The Morgan fingerprint density at radius 3 is 2.82 bits per heavy atom. The maximum atomic E-state index is 13.2. The first-order valence-corrected chi connectivity index (χ1v) is 6.94. The number of aromatic nitrogens is 4. The van der Waals surface area contributed by atoms with Gasteiger partial charge in [-0.25, -0.2) is 4.39 Å². The van der Waals surface area contributed by atoms with Crippen molar-refractivity contribution in [1.29, 1.82) is 0 Å². The molecule has 6 heteroatoms. The van der Waals surface area contributed by atoms with Crippen molar-refractivity contribution in [3.05, 3.63) is 59.9 Å². The molecule has 0 aliphatic heterocycles. The summed E-state index contributed by atoms with van der Waals surface area (Å²) in [4.78, 5) is 1.44. The van der Waals surface area contributed by atoms with Crippen molar-refractivity contribution in [3.8, 4) is 17.1 Å². The van der Waals surface area contributed by atoms with Crippen molar-refractivity contribution in [3.63, 3.8) is 0 Å². The SMILES string of the molecule is Cc1cccc(OCCn2nnc(-c3cccc(F)c3)n2)c1. The normalized spacial score (nSPS) is 10.6. The summed E-state index contributed by atoms with van der Waals surface area (Å²) in [5, 5.41) is 12.1. The van der Waals surface area contributed by atoms with Gasteiger partial charge in [-0.15, -0.1) is 10.2 Å². The lowest BCUT2D eigenvalue weighted by molar-refractivity contribution is 0.280. The molecule has 1 aromatic heterocycles. The minimum absolute atomic E-state index is 0.323. The van der Waals surface area contributed by atoms with Gasteiger partial charge >= 0.3 is 0 Å². The van der Waals surface area contributed by atoms with Crippen molar-refractivity contribution >= 4 is 0 Å². The van der Waals surface area contributed by atoms with Crippen LogP contribution in [0.1, 0.15) is 5.56 Å². The molecule has 0 bridgehead atoms. The molecule has 22 heavy (non-hydrogen) atoms. The number of nitrogens with zero attached hydrogens (tertiary/aromatic N) is 4. The molecule has 0 aliphatic carbocycles. The van der Waals surface area contributed by atoms with Crippen LogP contribution in [0.25, 0.3) is 11.4 Å². The molecular weight excluding hydrogens is 283 g/mol. The van der Waals surface area contributed by atoms with Gasteiger partial charge in [0, 0.05) is 5.56 Å². The average Bonchev–Trinajstić information content (AvgIpc) is 2.96. The summed E-state index contributed by atoms with van der Waals surface area (Å²) in [6.07, 6.45) is 0. The average molecular weight is 298 g/mol. The van der Waals surface area contributed by atoms with E-state index in [9.17, 15) is 4.39 Å². The first-order valence-electron chi connectivity index (χ1n) is 6.94. The Labute approximate surface area is 127 Å². The Morgan fingerprint density at radius 2 is 2.00 bits per heavy atom. The number of hydrogen-bond donors (Lipinski definition) is 0. The second kappa shape index (κ2) is 6.34. The van der Waals surface area contributed by atoms with Crippen LogP contribution in [0.3, 0.4) is 0 Å². The minimum atomic E-state index is -0.323. The number of ether oxygens (including phenoxy) is 1. The maximum absolute atomic E-state index is 13.2. The Kier molecular flexibility index (Phi) is 4.09. The molecule has 0 spiro atoms. The first-order chi connectivity index (χ1) is 10.7. The number of hydrogen-bond acceptors (Lipinski definition) is 4. The zero-order chi connectivity index (χ0) is 15.4. The topological polar surface area (TPSA) is 52.8 Å². The standard InChI is InChI=1S/C16H15FN4O/c1-12-4-2-7-15(10-12)22-9-8-21-19-16(18-20-21)13-5-3-6-14(17)11-13/h2-7,10-11H,8-9H2,1H3. The van der Waals surface area contributed by atoms with Crippen LogP contribution in [0, 0.1) is 12.7 Å². The van der Waals surface area contributed by atoms with Gasteiger partial charge in [-0.2, -0.15) is 4.80 Å². The van der Waals surface area contributed by atoms with Gasteiger partial charge in [-0.3, -0.25) is 0 Å². The molecule has 5 nitrogen and oxygen atoms in total. The molecule has 3 rings (SSSR count). The third-order valence-electron chi connectivity index (χ3n) is 3.09. The molecule has 3 aromatic rings. The summed E-state index contributed by atoms with van der Waals surface area (Å²) in [6.45, 7) is 2.91. The van der Waals surface area contributed by atoms with Gasteiger partial charge in [0.2, 0.25) is 5.82 Å². The Morgan fingerprint density at radius 1 is 1.14 bits per heavy atom. The second-order valence-corrected chi connectivity index (χ2v) is 4.88. The predicted molar refractivity (Wildman–Crippen MR) is 79.9 cm³/mol. The molecule has 112 valence electrons. The Balaban J connectivity index is 1.60. The summed E-state index contributed by atoms with van der Waals surface area (Å²) in [7, 11) is 0. The van der Waals surface area contributed by atoms with Gasteiger partial charge in [0.25, 0.3) is 0 Å². The van der Waals surface area contributed by atoms with E-state index in [2.05, 4.69) is 15.4 Å². The molecule has 0 radical (unpaired) electrons. The Hall–Kier alpha value is -2.76. The van der Waals surface area contributed by atoms with Crippen LogP contribution in [0.4, 0.5) is 4.39 Å². The number of halogens is 1. The molecule has 0 aliphatic rings. The van der Waals surface area contributed by atoms with Crippen LogP contribution in [0.2, 0.25) is 0 Å². The highest BCUT2D eigenvalue weighted by Gasteiger charge is 2.06. The zero-order valence-corrected chi connectivity index (χ0v) is 12.1. The molecule has 1 heterocycles. The van der Waals surface area contributed by atoms with Crippen molar-refractivity contribution in [2.24, 2.45) is 0 Å². The Bertz CT molecular complexity index is 772. The highest BCUT2D eigenvalue weighted by atomic mass is 19.1. The molecule has 0 amide bonds. The summed E-state index contributed by atoms with van der Waals surface area (Å²) >= 11 is 0. The molecular formula is C16H15FN4O. The van der Waals surface area contributed by atoms with Crippen LogP contribution in [0.5, 0.6) is 5.75 Å². The van der Waals surface area contributed by atoms with Gasteiger partial charge in [-0.05, 0) is 42.0 Å². The number of benzene rings is 2. The van der Waals surface area contributed by atoms with Crippen LogP contribution in [-0.4, -0.2) is 26.8 Å². The van der Waals surface area contributed by atoms with Gasteiger partial charge in [0.05, 0.1) is 6.54 Å². The van der Waals surface area contributed by atoms with E-state index in [1.807, 2.05) is 31.2 Å². The van der Waals surface area contributed by atoms with Crippen LogP contribution < -0.4 is 4.74 Å². The molecule has 0 N–H and O–H groups in total. The largest absolute Gasteiger partial charge is 0.492 e. The lowest BCUT2D eigenvalue weighted by atomic mass is 10.2. The van der Waals surface area contributed by atoms with Crippen LogP contribution in [-0.2, 0) is 6.54 Å². The molecule has 0 saturated carbocycles. The number of rotatable bonds is 5. The van der Waals surface area contributed by atoms with Gasteiger partial charge in [0.15, 0.2) is 0 Å². The minimum Gasteiger partial charge on any atom is -0.492 e. The smallest absolute Gasteiger partial charge is 0.205 e. The lowest BCUT2D eigenvalue weighted by Gasteiger charge is -2.05. The van der Waals surface area contributed by atoms with Crippen LogP contribution in [0.15, 0.2) is 48.5 Å².